The molecule has 1 atom stereocenters. The molecule has 1 aromatic heterocycles. The summed E-state index contributed by atoms with van der Waals surface area (Å²) < 4.78 is 20.7. The maximum absolute atomic E-state index is 13.4. The fourth-order valence-electron chi connectivity index (χ4n) is 2.15. The van der Waals surface area contributed by atoms with Crippen LogP contribution in [0.15, 0.2) is 28.9 Å². The highest BCUT2D eigenvalue weighted by molar-refractivity contribution is 9.10. The molecule has 104 valence electrons. The van der Waals surface area contributed by atoms with Gasteiger partial charge in [-0.1, -0.05) is 0 Å². The summed E-state index contributed by atoms with van der Waals surface area (Å²) in [6.45, 7) is 0.287. The van der Waals surface area contributed by atoms with Gasteiger partial charge in [0.15, 0.2) is 0 Å². The summed E-state index contributed by atoms with van der Waals surface area (Å²) in [5.74, 6) is -0.171. The fourth-order valence-corrected chi connectivity index (χ4v) is 2.51. The predicted molar refractivity (Wildman–Crippen MR) is 73.0 cm³/mol. The molecule has 1 amide bonds. The summed E-state index contributed by atoms with van der Waals surface area (Å²) in [7, 11) is 1.69. The van der Waals surface area contributed by atoms with Crippen molar-refractivity contribution in [3.8, 4) is 5.75 Å². The van der Waals surface area contributed by atoms with Gasteiger partial charge in [0, 0.05) is 24.9 Å². The van der Waals surface area contributed by atoms with Gasteiger partial charge in [-0.15, -0.1) is 0 Å². The first kappa shape index (κ1) is 13.1. The van der Waals surface area contributed by atoms with Crippen LogP contribution >= 0.6 is 15.9 Å². The molecule has 1 aliphatic heterocycles. The van der Waals surface area contributed by atoms with Gasteiger partial charge >= 0.3 is 0 Å². The first-order chi connectivity index (χ1) is 9.56. The van der Waals surface area contributed by atoms with Gasteiger partial charge in [0.25, 0.3) is 5.91 Å². The maximum atomic E-state index is 13.4. The third-order valence-electron chi connectivity index (χ3n) is 3.19. The van der Waals surface area contributed by atoms with Gasteiger partial charge < -0.3 is 10.1 Å². The number of fused-ring (bicyclic) bond motifs is 1. The van der Waals surface area contributed by atoms with E-state index in [0.717, 1.165) is 5.56 Å². The van der Waals surface area contributed by atoms with Crippen LogP contribution in [-0.4, -0.2) is 22.3 Å². The normalized spacial score (nSPS) is 16.6. The first-order valence-corrected chi connectivity index (χ1v) is 6.76. The first-order valence-electron chi connectivity index (χ1n) is 5.97. The zero-order valence-corrected chi connectivity index (χ0v) is 12.1. The molecule has 5 nitrogen and oxygen atoms in total. The summed E-state index contributed by atoms with van der Waals surface area (Å²) in [4.78, 5) is 12.1. The van der Waals surface area contributed by atoms with E-state index in [9.17, 15) is 9.18 Å². The molecule has 0 radical (unpaired) electrons. The number of benzene rings is 1. The van der Waals surface area contributed by atoms with Gasteiger partial charge in [-0.05, 0) is 28.1 Å². The molecule has 7 heteroatoms. The average molecular weight is 340 g/mol. The summed E-state index contributed by atoms with van der Waals surface area (Å²) in [5, 5.41) is 6.81. The number of rotatable bonds is 2. The second kappa shape index (κ2) is 4.90. The summed E-state index contributed by atoms with van der Waals surface area (Å²) >= 11 is 3.14. The molecule has 20 heavy (non-hydrogen) atoms. The van der Waals surface area contributed by atoms with Gasteiger partial charge in [-0.3, -0.25) is 9.48 Å². The van der Waals surface area contributed by atoms with Gasteiger partial charge in [-0.25, -0.2) is 4.39 Å². The Hall–Kier alpha value is -1.89. The Morgan fingerprint density at radius 1 is 1.60 bits per heavy atom. The minimum atomic E-state index is -0.387. The number of halogens is 2. The lowest BCUT2D eigenvalue weighted by Crippen LogP contribution is -2.30. The van der Waals surface area contributed by atoms with Crippen LogP contribution in [0.1, 0.15) is 22.1 Å². The predicted octanol–water partition coefficient (Wildman–Crippen LogP) is 2.19. The van der Waals surface area contributed by atoms with Gasteiger partial charge in [0.05, 0.1) is 10.5 Å². The molecule has 1 N–H and O–H groups in total. The molecule has 0 fully saturated rings. The monoisotopic (exact) mass is 339 g/mol. The lowest BCUT2D eigenvalue weighted by atomic mass is 10.1. The molecular weight excluding hydrogens is 329 g/mol. The molecule has 0 saturated heterocycles. The number of nitrogens with one attached hydrogen (secondary N) is 1. The van der Waals surface area contributed by atoms with Crippen LogP contribution in [-0.2, 0) is 7.05 Å². The highest BCUT2D eigenvalue weighted by Gasteiger charge is 2.28. The Bertz CT molecular complexity index is 686. The number of carbonyl (C=O) groups excluding carboxylic acids is 1. The molecule has 1 aromatic carbocycles. The minimum Gasteiger partial charge on any atom is -0.491 e. The van der Waals surface area contributed by atoms with Gasteiger partial charge in [0.2, 0.25) is 0 Å². The molecule has 0 saturated carbocycles. The zero-order valence-electron chi connectivity index (χ0n) is 10.6. The van der Waals surface area contributed by atoms with Crippen LogP contribution in [0, 0.1) is 5.82 Å². The molecule has 2 heterocycles. The lowest BCUT2D eigenvalue weighted by Gasteiger charge is -2.12. The average Bonchev–Trinajstić information content (AvgIpc) is 2.98. The summed E-state index contributed by atoms with van der Waals surface area (Å²) in [5.41, 5.74) is 1.22. The number of nitrogens with zero attached hydrogens (tertiary/aromatic N) is 2. The van der Waals surface area contributed by atoms with Crippen LogP contribution in [0.5, 0.6) is 5.75 Å². The molecule has 0 aliphatic carbocycles. The topological polar surface area (TPSA) is 56.2 Å². The zero-order chi connectivity index (χ0) is 14.3. The van der Waals surface area contributed by atoms with E-state index in [0.29, 0.717) is 15.9 Å². The largest absolute Gasteiger partial charge is 0.491 e. The minimum absolute atomic E-state index is 0.244. The third-order valence-corrected chi connectivity index (χ3v) is 3.80. The van der Waals surface area contributed by atoms with Crippen LogP contribution in [0.2, 0.25) is 0 Å². The highest BCUT2D eigenvalue weighted by Crippen LogP contribution is 2.36. The van der Waals surface area contributed by atoms with Gasteiger partial charge in [0.1, 0.15) is 23.9 Å². The van der Waals surface area contributed by atoms with Crippen LogP contribution in [0.25, 0.3) is 0 Å². The standard InChI is InChI=1S/C13H11BrFN3O2/c1-18-11(2-3-16-18)13(19)17-10-6-20-12-5-9(15)8(14)4-7(10)12/h2-5,10H,6H2,1H3,(H,17,19). The van der Waals surface area contributed by atoms with Crippen molar-refractivity contribution in [1.82, 2.24) is 15.1 Å². The van der Waals surface area contributed by atoms with Crippen molar-refractivity contribution in [2.75, 3.05) is 6.61 Å². The second-order valence-corrected chi connectivity index (χ2v) is 5.34. The van der Waals surface area contributed by atoms with Crippen molar-refractivity contribution < 1.29 is 13.9 Å². The Labute approximate surface area is 122 Å². The van der Waals surface area contributed by atoms with Crippen molar-refractivity contribution in [3.63, 3.8) is 0 Å². The molecule has 2 aromatic rings. The number of ether oxygens (including phenoxy) is 1. The maximum Gasteiger partial charge on any atom is 0.270 e. The Kier molecular flexibility index (Phi) is 3.21. The Morgan fingerprint density at radius 3 is 3.10 bits per heavy atom. The van der Waals surface area contributed by atoms with Gasteiger partial charge in [-0.2, -0.15) is 5.10 Å². The second-order valence-electron chi connectivity index (χ2n) is 4.48. The van der Waals surface area contributed by atoms with E-state index in [1.165, 1.54) is 10.7 Å². The van der Waals surface area contributed by atoms with Crippen molar-refractivity contribution in [2.45, 2.75) is 6.04 Å². The molecule has 1 unspecified atom stereocenters. The Morgan fingerprint density at radius 2 is 2.40 bits per heavy atom. The van der Waals surface area contributed by atoms with E-state index in [2.05, 4.69) is 26.3 Å². The molecular formula is C13H11BrFN3O2. The number of hydrogen-bond acceptors (Lipinski definition) is 3. The molecule has 1 aliphatic rings. The van der Waals surface area contributed by atoms with E-state index >= 15 is 0 Å². The quantitative estimate of drug-likeness (QED) is 0.912. The SMILES string of the molecule is Cn1nccc1C(=O)NC1COc2cc(F)c(Br)cc21. The summed E-state index contributed by atoms with van der Waals surface area (Å²) in [6, 6.07) is 4.28. The smallest absolute Gasteiger partial charge is 0.270 e. The van der Waals surface area contributed by atoms with Crippen molar-refractivity contribution >= 4 is 21.8 Å². The number of carbonyl (C=O) groups is 1. The number of hydrogen-bond donors (Lipinski definition) is 1. The van der Waals surface area contributed by atoms with Crippen molar-refractivity contribution in [1.29, 1.82) is 0 Å². The number of aromatic nitrogens is 2. The molecule has 0 spiro atoms. The van der Waals surface area contributed by atoms with E-state index in [-0.39, 0.29) is 24.4 Å². The lowest BCUT2D eigenvalue weighted by molar-refractivity contribution is 0.0920. The number of aryl methyl sites for hydroxylation is 1. The highest BCUT2D eigenvalue weighted by atomic mass is 79.9. The summed E-state index contributed by atoms with van der Waals surface area (Å²) in [6.07, 6.45) is 1.56. The van der Waals surface area contributed by atoms with Crippen molar-refractivity contribution in [3.05, 3.63) is 45.9 Å². The van der Waals surface area contributed by atoms with Crippen LogP contribution in [0.4, 0.5) is 4.39 Å². The van der Waals surface area contributed by atoms with Crippen molar-refractivity contribution in [2.24, 2.45) is 7.05 Å². The third kappa shape index (κ3) is 2.18. The number of amides is 1. The van der Waals surface area contributed by atoms with E-state index in [1.54, 1.807) is 25.4 Å². The van der Waals surface area contributed by atoms with E-state index in [4.69, 9.17) is 4.74 Å². The Balaban J connectivity index is 1.84. The fraction of sp³-hybridized carbons (Fsp3) is 0.231. The van der Waals surface area contributed by atoms with Crippen LogP contribution < -0.4 is 10.1 Å². The van der Waals surface area contributed by atoms with Crippen LogP contribution in [0.3, 0.4) is 0 Å². The molecule has 0 bridgehead atoms. The van der Waals surface area contributed by atoms with E-state index in [1.807, 2.05) is 0 Å². The molecule has 3 rings (SSSR count). The van der Waals surface area contributed by atoms with E-state index < -0.39 is 0 Å².